The number of halogens is 2. The van der Waals surface area contributed by atoms with Crippen LogP contribution >= 0.6 is 46.3 Å². The standard InChI is InChI=1S/C23H24Cl2N4O3S2/c1-29-20(14-10-9-13(24)11-16(14)25)27-28-23(29)33-12-18(30)26-21-19(22(31)32-2)15-7-5-3-4-6-8-17(15)34-21/h9-11H,3-8,12H2,1-2H3,(H,26,30). The fourth-order valence-corrected chi connectivity index (χ4v) is 6.46. The van der Waals surface area contributed by atoms with Gasteiger partial charge in [0.15, 0.2) is 11.0 Å². The highest BCUT2D eigenvalue weighted by atomic mass is 35.5. The number of hydrogen-bond donors (Lipinski definition) is 1. The number of carbonyl (C=O) groups excluding carboxylic acids is 2. The Morgan fingerprint density at radius 3 is 2.68 bits per heavy atom. The number of amides is 1. The first-order valence-corrected chi connectivity index (χ1v) is 13.4. The smallest absolute Gasteiger partial charge is 0.341 e. The number of benzene rings is 1. The Bertz CT molecular complexity index is 1230. The second kappa shape index (κ2) is 11.1. The van der Waals surface area contributed by atoms with Crippen molar-refractivity contribution < 1.29 is 14.3 Å². The molecule has 1 aromatic carbocycles. The molecule has 0 radical (unpaired) electrons. The Morgan fingerprint density at radius 2 is 1.94 bits per heavy atom. The Kier molecular flexibility index (Phi) is 8.18. The first kappa shape index (κ1) is 25.0. The first-order valence-electron chi connectivity index (χ1n) is 10.9. The highest BCUT2D eigenvalue weighted by Crippen LogP contribution is 2.38. The number of thiophene rings is 1. The molecule has 4 rings (SSSR count). The van der Waals surface area contributed by atoms with Crippen LogP contribution in [0, 0.1) is 0 Å². The number of nitrogens with one attached hydrogen (secondary N) is 1. The summed E-state index contributed by atoms with van der Waals surface area (Å²) < 4.78 is 6.81. The van der Waals surface area contributed by atoms with Gasteiger partial charge in [-0.25, -0.2) is 4.79 Å². The molecule has 11 heteroatoms. The number of carbonyl (C=O) groups is 2. The Labute approximate surface area is 216 Å². The normalized spacial score (nSPS) is 13.6. The molecule has 0 atom stereocenters. The van der Waals surface area contributed by atoms with E-state index in [4.69, 9.17) is 27.9 Å². The number of aryl methyl sites for hydroxylation is 1. The van der Waals surface area contributed by atoms with E-state index < -0.39 is 5.97 Å². The minimum atomic E-state index is -0.404. The third kappa shape index (κ3) is 5.43. The van der Waals surface area contributed by atoms with Crippen molar-refractivity contribution in [3.8, 4) is 11.4 Å². The van der Waals surface area contributed by atoms with Crippen LogP contribution in [0.25, 0.3) is 11.4 Å². The van der Waals surface area contributed by atoms with Gasteiger partial charge >= 0.3 is 5.97 Å². The summed E-state index contributed by atoms with van der Waals surface area (Å²) in [5, 5.41) is 13.5. The zero-order valence-corrected chi connectivity index (χ0v) is 22.0. The number of hydrogen-bond acceptors (Lipinski definition) is 7. The van der Waals surface area contributed by atoms with Crippen molar-refractivity contribution in [2.24, 2.45) is 7.05 Å². The molecule has 0 saturated heterocycles. The van der Waals surface area contributed by atoms with E-state index in [-0.39, 0.29) is 11.7 Å². The fourth-order valence-electron chi connectivity index (χ4n) is 3.96. The number of thioether (sulfide) groups is 1. The van der Waals surface area contributed by atoms with Crippen LogP contribution in [-0.4, -0.2) is 39.5 Å². The predicted molar refractivity (Wildman–Crippen MR) is 137 cm³/mol. The van der Waals surface area contributed by atoms with E-state index in [0.29, 0.717) is 37.2 Å². The molecule has 34 heavy (non-hydrogen) atoms. The maximum absolute atomic E-state index is 12.8. The monoisotopic (exact) mass is 538 g/mol. The maximum atomic E-state index is 12.8. The van der Waals surface area contributed by atoms with Crippen molar-refractivity contribution in [3.63, 3.8) is 0 Å². The predicted octanol–water partition coefficient (Wildman–Crippen LogP) is 6.03. The summed E-state index contributed by atoms with van der Waals surface area (Å²) in [5.41, 5.74) is 2.23. The number of fused-ring (bicyclic) bond motifs is 1. The third-order valence-electron chi connectivity index (χ3n) is 5.65. The van der Waals surface area contributed by atoms with Gasteiger partial charge in [-0.2, -0.15) is 0 Å². The molecule has 1 aliphatic carbocycles. The van der Waals surface area contributed by atoms with Crippen LogP contribution < -0.4 is 5.32 Å². The van der Waals surface area contributed by atoms with Crippen molar-refractivity contribution in [2.75, 3.05) is 18.2 Å². The lowest BCUT2D eigenvalue weighted by Gasteiger charge is -2.11. The minimum Gasteiger partial charge on any atom is -0.465 e. The van der Waals surface area contributed by atoms with Gasteiger partial charge in [0, 0.05) is 22.5 Å². The van der Waals surface area contributed by atoms with E-state index in [1.807, 2.05) is 7.05 Å². The van der Waals surface area contributed by atoms with E-state index in [9.17, 15) is 9.59 Å². The van der Waals surface area contributed by atoms with E-state index in [2.05, 4.69) is 15.5 Å². The zero-order chi connectivity index (χ0) is 24.2. The van der Waals surface area contributed by atoms with Crippen LogP contribution in [0.15, 0.2) is 23.4 Å². The second-order valence-corrected chi connectivity index (χ2v) is 10.8. The number of rotatable bonds is 6. The summed E-state index contributed by atoms with van der Waals surface area (Å²) in [6.45, 7) is 0. The van der Waals surface area contributed by atoms with Crippen LogP contribution in [0.5, 0.6) is 0 Å². The summed E-state index contributed by atoms with van der Waals surface area (Å²) in [4.78, 5) is 26.5. The Hall–Kier alpha value is -2.07. The quantitative estimate of drug-likeness (QED) is 0.304. The topological polar surface area (TPSA) is 86.1 Å². The molecule has 0 unspecified atom stereocenters. The van der Waals surface area contributed by atoms with Gasteiger partial charge in [0.05, 0.1) is 23.4 Å². The number of anilines is 1. The lowest BCUT2D eigenvalue weighted by atomic mass is 9.96. The van der Waals surface area contributed by atoms with Gasteiger partial charge in [-0.1, -0.05) is 47.8 Å². The maximum Gasteiger partial charge on any atom is 0.341 e. The number of nitrogens with zero attached hydrogens (tertiary/aromatic N) is 3. The molecule has 0 saturated carbocycles. The van der Waals surface area contributed by atoms with Gasteiger partial charge in [0.1, 0.15) is 5.00 Å². The second-order valence-electron chi connectivity index (χ2n) is 7.94. The third-order valence-corrected chi connectivity index (χ3v) is 8.43. The van der Waals surface area contributed by atoms with Crippen LogP contribution in [-0.2, 0) is 29.4 Å². The number of esters is 1. The van der Waals surface area contributed by atoms with Crippen LogP contribution in [0.2, 0.25) is 10.0 Å². The molecule has 0 fully saturated rings. The average molecular weight is 540 g/mol. The Morgan fingerprint density at radius 1 is 1.18 bits per heavy atom. The molecule has 2 aromatic heterocycles. The van der Waals surface area contributed by atoms with Crippen molar-refractivity contribution in [3.05, 3.63) is 44.2 Å². The highest BCUT2D eigenvalue weighted by molar-refractivity contribution is 7.99. The molecule has 1 aliphatic rings. The minimum absolute atomic E-state index is 0.115. The van der Waals surface area contributed by atoms with Gasteiger partial charge in [-0.15, -0.1) is 21.5 Å². The van der Waals surface area contributed by atoms with E-state index >= 15 is 0 Å². The Balaban J connectivity index is 1.48. The summed E-state index contributed by atoms with van der Waals surface area (Å²) in [6, 6.07) is 5.17. The summed E-state index contributed by atoms with van der Waals surface area (Å²) in [7, 11) is 3.19. The fraction of sp³-hybridized carbons (Fsp3) is 0.391. The van der Waals surface area contributed by atoms with Gasteiger partial charge in [-0.3, -0.25) is 4.79 Å². The molecular formula is C23H24Cl2N4O3S2. The molecule has 7 nitrogen and oxygen atoms in total. The molecule has 0 bridgehead atoms. The number of methoxy groups -OCH3 is 1. The summed E-state index contributed by atoms with van der Waals surface area (Å²) in [5.74, 6) is 0.0663. The molecule has 1 N–H and O–H groups in total. The molecule has 0 aliphatic heterocycles. The van der Waals surface area contributed by atoms with Gasteiger partial charge in [0.25, 0.3) is 0 Å². The van der Waals surface area contributed by atoms with Crippen LogP contribution in [0.3, 0.4) is 0 Å². The largest absolute Gasteiger partial charge is 0.465 e. The molecular weight excluding hydrogens is 515 g/mol. The van der Waals surface area contributed by atoms with Gasteiger partial charge in [-0.05, 0) is 49.4 Å². The van der Waals surface area contributed by atoms with Gasteiger partial charge in [0.2, 0.25) is 5.91 Å². The lowest BCUT2D eigenvalue weighted by Crippen LogP contribution is -2.16. The molecule has 180 valence electrons. The highest BCUT2D eigenvalue weighted by Gasteiger charge is 2.26. The zero-order valence-electron chi connectivity index (χ0n) is 18.8. The van der Waals surface area contributed by atoms with Crippen LogP contribution in [0.4, 0.5) is 5.00 Å². The molecule has 2 heterocycles. The van der Waals surface area contributed by atoms with E-state index in [1.54, 1.807) is 22.8 Å². The lowest BCUT2D eigenvalue weighted by molar-refractivity contribution is -0.113. The van der Waals surface area contributed by atoms with Crippen molar-refractivity contribution >= 4 is 63.2 Å². The SMILES string of the molecule is COC(=O)c1c(NC(=O)CSc2nnc(-c3ccc(Cl)cc3Cl)n2C)sc2c1CCCCCC2. The molecule has 3 aromatic rings. The number of aromatic nitrogens is 3. The average Bonchev–Trinajstić information content (AvgIpc) is 3.31. The van der Waals surface area contributed by atoms with Crippen LogP contribution in [0.1, 0.15) is 46.5 Å². The van der Waals surface area contributed by atoms with Crippen molar-refractivity contribution in [1.82, 2.24) is 14.8 Å². The number of ether oxygens (including phenoxy) is 1. The van der Waals surface area contributed by atoms with Crippen molar-refractivity contribution in [1.29, 1.82) is 0 Å². The van der Waals surface area contributed by atoms with E-state index in [0.717, 1.165) is 37.7 Å². The van der Waals surface area contributed by atoms with Gasteiger partial charge < -0.3 is 14.6 Å². The van der Waals surface area contributed by atoms with Crippen molar-refractivity contribution in [2.45, 2.75) is 43.7 Å². The summed E-state index contributed by atoms with van der Waals surface area (Å²) in [6.07, 6.45) is 6.20. The summed E-state index contributed by atoms with van der Waals surface area (Å²) >= 11 is 15.0. The van der Waals surface area contributed by atoms with E-state index in [1.165, 1.54) is 41.5 Å². The molecule has 0 spiro atoms. The molecule has 1 amide bonds. The first-order chi connectivity index (χ1) is 16.4.